The van der Waals surface area contributed by atoms with Crippen LogP contribution in [0.5, 0.6) is 0 Å². The van der Waals surface area contributed by atoms with Gasteiger partial charge in [-0.05, 0) is 24.8 Å². The number of hydrogen-bond donors (Lipinski definition) is 2. The molecule has 1 heterocycles. The molecule has 0 aromatic heterocycles. The van der Waals surface area contributed by atoms with Gasteiger partial charge in [-0.1, -0.05) is 33.3 Å². The number of hydrogen-bond acceptors (Lipinski definition) is 3. The predicted octanol–water partition coefficient (Wildman–Crippen LogP) is 1.89. The predicted molar refractivity (Wildman–Crippen MR) is 67.7 cm³/mol. The van der Waals surface area contributed by atoms with Gasteiger partial charge in [0, 0.05) is 0 Å². The summed E-state index contributed by atoms with van der Waals surface area (Å²) < 4.78 is 0. The first kappa shape index (κ1) is 14.4. The minimum atomic E-state index is -1.22. The van der Waals surface area contributed by atoms with Crippen molar-refractivity contribution in [3.05, 3.63) is 11.6 Å². The van der Waals surface area contributed by atoms with E-state index in [-0.39, 0.29) is 0 Å². The van der Waals surface area contributed by atoms with Crippen molar-refractivity contribution in [2.45, 2.75) is 46.5 Å². The zero-order valence-corrected chi connectivity index (χ0v) is 11.1. The number of rotatable bonds is 5. The minimum absolute atomic E-state index is 0.351. The second-order valence-electron chi connectivity index (χ2n) is 4.38. The number of barbiturate groups is 1. The molecule has 1 rings (SSSR count). The fourth-order valence-corrected chi connectivity index (χ4v) is 2.40. The Morgan fingerprint density at radius 3 is 2.06 bits per heavy atom. The molecule has 100 valence electrons. The van der Waals surface area contributed by atoms with Crippen LogP contribution >= 0.6 is 0 Å². The third-order valence-corrected chi connectivity index (χ3v) is 3.28. The summed E-state index contributed by atoms with van der Waals surface area (Å²) in [6.45, 7) is 5.74. The smallest absolute Gasteiger partial charge is 0.277 e. The molecule has 18 heavy (non-hydrogen) atoms. The van der Waals surface area contributed by atoms with Gasteiger partial charge in [-0.2, -0.15) is 0 Å². The monoisotopic (exact) mass is 252 g/mol. The van der Waals surface area contributed by atoms with Crippen molar-refractivity contribution in [2.24, 2.45) is 5.41 Å². The number of imide groups is 2. The first-order valence-electron chi connectivity index (χ1n) is 6.39. The van der Waals surface area contributed by atoms with E-state index in [4.69, 9.17) is 0 Å². The second-order valence-corrected chi connectivity index (χ2v) is 4.38. The number of urea groups is 1. The molecule has 5 heteroatoms. The SMILES string of the molecule is CCC=C(CCC)C1(CC)C(=O)NC(=O)NC1=O. The molecule has 0 bridgehead atoms. The Hall–Kier alpha value is -1.65. The summed E-state index contributed by atoms with van der Waals surface area (Å²) in [5, 5.41) is 4.40. The van der Waals surface area contributed by atoms with Crippen LogP contribution in [0.2, 0.25) is 0 Å². The largest absolute Gasteiger partial charge is 0.328 e. The number of nitrogens with one attached hydrogen (secondary N) is 2. The normalized spacial score (nSPS) is 19.5. The summed E-state index contributed by atoms with van der Waals surface area (Å²) in [6.07, 6.45) is 4.55. The van der Waals surface area contributed by atoms with E-state index in [1.807, 2.05) is 19.9 Å². The summed E-state index contributed by atoms with van der Waals surface area (Å²) in [5.41, 5.74) is -0.419. The van der Waals surface area contributed by atoms with Crippen LogP contribution in [-0.4, -0.2) is 17.8 Å². The molecular weight excluding hydrogens is 232 g/mol. The minimum Gasteiger partial charge on any atom is -0.277 e. The Balaban J connectivity index is 3.24. The van der Waals surface area contributed by atoms with E-state index in [9.17, 15) is 14.4 Å². The van der Waals surface area contributed by atoms with Crippen LogP contribution in [0.3, 0.4) is 0 Å². The van der Waals surface area contributed by atoms with Crippen molar-refractivity contribution in [3.8, 4) is 0 Å². The molecule has 0 radical (unpaired) electrons. The van der Waals surface area contributed by atoms with E-state index in [0.717, 1.165) is 18.4 Å². The van der Waals surface area contributed by atoms with Gasteiger partial charge >= 0.3 is 6.03 Å². The van der Waals surface area contributed by atoms with Crippen molar-refractivity contribution >= 4 is 17.8 Å². The third kappa shape index (κ3) is 2.30. The molecule has 1 aliphatic rings. The van der Waals surface area contributed by atoms with Crippen molar-refractivity contribution in [1.82, 2.24) is 10.6 Å². The lowest BCUT2D eigenvalue weighted by atomic mass is 9.73. The van der Waals surface area contributed by atoms with E-state index in [1.54, 1.807) is 6.92 Å². The third-order valence-electron chi connectivity index (χ3n) is 3.28. The van der Waals surface area contributed by atoms with Crippen molar-refractivity contribution in [2.75, 3.05) is 0 Å². The van der Waals surface area contributed by atoms with Crippen molar-refractivity contribution < 1.29 is 14.4 Å². The van der Waals surface area contributed by atoms with E-state index < -0.39 is 23.3 Å². The molecule has 0 saturated carbocycles. The Bertz CT molecular complexity index is 379. The number of allylic oxidation sites excluding steroid dienone is 1. The molecular formula is C13H20N2O3. The second kappa shape index (κ2) is 5.80. The summed E-state index contributed by atoms with van der Waals surface area (Å²) in [4.78, 5) is 35.4. The van der Waals surface area contributed by atoms with Gasteiger partial charge in [0.1, 0.15) is 5.41 Å². The summed E-state index contributed by atoms with van der Waals surface area (Å²) in [7, 11) is 0. The van der Waals surface area contributed by atoms with Crippen LogP contribution in [0.15, 0.2) is 11.6 Å². The Morgan fingerprint density at radius 2 is 1.67 bits per heavy atom. The maximum Gasteiger partial charge on any atom is 0.328 e. The summed E-state index contributed by atoms with van der Waals surface area (Å²) in [6, 6.07) is -0.735. The fourth-order valence-electron chi connectivity index (χ4n) is 2.40. The lowest BCUT2D eigenvalue weighted by Gasteiger charge is -2.35. The number of carbonyl (C=O) groups excluding carboxylic acids is 3. The van der Waals surface area contributed by atoms with Crippen LogP contribution < -0.4 is 10.6 Å². The molecule has 1 fully saturated rings. The van der Waals surface area contributed by atoms with Crippen molar-refractivity contribution in [1.29, 1.82) is 0 Å². The van der Waals surface area contributed by atoms with E-state index >= 15 is 0 Å². The molecule has 4 amide bonds. The average Bonchev–Trinajstić information content (AvgIpc) is 2.29. The molecule has 5 nitrogen and oxygen atoms in total. The van der Waals surface area contributed by atoms with Gasteiger partial charge in [0.05, 0.1) is 0 Å². The van der Waals surface area contributed by atoms with E-state index in [0.29, 0.717) is 12.8 Å². The van der Waals surface area contributed by atoms with Crippen LogP contribution in [0.1, 0.15) is 46.5 Å². The lowest BCUT2D eigenvalue weighted by Crippen LogP contribution is -2.62. The quantitative estimate of drug-likeness (QED) is 0.579. The Kier molecular flexibility index (Phi) is 4.64. The maximum absolute atomic E-state index is 12.1. The summed E-state index contributed by atoms with van der Waals surface area (Å²) in [5.74, 6) is -1.01. The van der Waals surface area contributed by atoms with E-state index in [1.165, 1.54) is 0 Å². The highest BCUT2D eigenvalue weighted by molar-refractivity contribution is 6.21. The van der Waals surface area contributed by atoms with Gasteiger partial charge in [-0.3, -0.25) is 20.2 Å². The van der Waals surface area contributed by atoms with Gasteiger partial charge in [-0.25, -0.2) is 4.79 Å². The van der Waals surface area contributed by atoms with Crippen LogP contribution in [0, 0.1) is 5.41 Å². The van der Waals surface area contributed by atoms with Crippen LogP contribution in [0.4, 0.5) is 4.79 Å². The molecule has 0 aliphatic carbocycles. The van der Waals surface area contributed by atoms with Gasteiger partial charge < -0.3 is 0 Å². The Morgan fingerprint density at radius 1 is 1.11 bits per heavy atom. The van der Waals surface area contributed by atoms with Crippen LogP contribution in [0.25, 0.3) is 0 Å². The molecule has 2 N–H and O–H groups in total. The topological polar surface area (TPSA) is 75.3 Å². The lowest BCUT2D eigenvalue weighted by molar-refractivity contribution is -0.142. The van der Waals surface area contributed by atoms with Gasteiger partial charge in [0.15, 0.2) is 0 Å². The molecule has 1 saturated heterocycles. The maximum atomic E-state index is 12.1. The van der Waals surface area contributed by atoms with Gasteiger partial charge in [0.2, 0.25) is 11.8 Å². The highest BCUT2D eigenvalue weighted by Gasteiger charge is 2.50. The van der Waals surface area contributed by atoms with Gasteiger partial charge in [0.25, 0.3) is 0 Å². The molecule has 1 aliphatic heterocycles. The zero-order chi connectivity index (χ0) is 13.8. The standard InChI is InChI=1S/C13H20N2O3/c1-4-7-9(8-5-2)13(6-3)10(16)14-12(18)15-11(13)17/h7H,4-6,8H2,1-3H3,(H2,14,15,16,17,18). The van der Waals surface area contributed by atoms with Crippen molar-refractivity contribution in [3.63, 3.8) is 0 Å². The molecule has 0 atom stereocenters. The first-order valence-corrected chi connectivity index (χ1v) is 6.39. The number of amides is 4. The molecule has 0 aromatic rings. The Labute approximate surface area is 107 Å². The molecule has 0 aromatic carbocycles. The highest BCUT2D eigenvalue weighted by atomic mass is 16.2. The summed E-state index contributed by atoms with van der Waals surface area (Å²) >= 11 is 0. The molecule has 0 unspecified atom stereocenters. The van der Waals surface area contributed by atoms with Gasteiger partial charge in [-0.15, -0.1) is 0 Å². The first-order chi connectivity index (χ1) is 8.52. The van der Waals surface area contributed by atoms with Crippen LogP contribution in [-0.2, 0) is 9.59 Å². The van der Waals surface area contributed by atoms with E-state index in [2.05, 4.69) is 10.6 Å². The highest BCUT2D eigenvalue weighted by Crippen LogP contribution is 2.36. The average molecular weight is 252 g/mol. The fraction of sp³-hybridized carbons (Fsp3) is 0.615. The number of carbonyl (C=O) groups is 3. The molecule has 0 spiro atoms. The zero-order valence-electron chi connectivity index (χ0n) is 11.1.